The number of aryl methyl sites for hydroxylation is 1. The van der Waals surface area contributed by atoms with Crippen LogP contribution in [0.25, 0.3) is 0 Å². The molecule has 1 unspecified atom stereocenters. The number of nitrogens with two attached hydrogens (primary N) is 1. The van der Waals surface area contributed by atoms with E-state index in [1.807, 2.05) is 17.6 Å². The summed E-state index contributed by atoms with van der Waals surface area (Å²) in [6, 6.07) is 1.72. The summed E-state index contributed by atoms with van der Waals surface area (Å²) in [6.07, 6.45) is 4.81. The first-order valence-electron chi connectivity index (χ1n) is 5.48. The Morgan fingerprint density at radius 3 is 3.06 bits per heavy atom. The summed E-state index contributed by atoms with van der Waals surface area (Å²) in [6.45, 7) is 3.06. The van der Waals surface area contributed by atoms with Gasteiger partial charge in [-0.05, 0) is 17.9 Å². The van der Waals surface area contributed by atoms with Crippen molar-refractivity contribution in [2.45, 2.75) is 25.9 Å². The number of aromatic nitrogens is 2. The van der Waals surface area contributed by atoms with Gasteiger partial charge in [-0.3, -0.25) is 5.84 Å². The minimum atomic E-state index is -0.149. The molecule has 0 aromatic carbocycles. The van der Waals surface area contributed by atoms with Gasteiger partial charge >= 0.3 is 0 Å². The predicted octanol–water partition coefficient (Wildman–Crippen LogP) is 2.56. The molecule has 0 radical (unpaired) electrons. The van der Waals surface area contributed by atoms with Crippen LogP contribution in [0.5, 0.6) is 0 Å². The lowest BCUT2D eigenvalue weighted by atomic mass is 10.2. The molecule has 2 heterocycles. The molecular formula is C11H15ClN4S. The molecule has 3 N–H and O–H groups in total. The molecule has 92 valence electrons. The summed E-state index contributed by atoms with van der Waals surface area (Å²) in [5.74, 6) is 6.54. The van der Waals surface area contributed by atoms with E-state index in [9.17, 15) is 0 Å². The lowest BCUT2D eigenvalue weighted by Gasteiger charge is -2.16. The topological polar surface area (TPSA) is 55.9 Å². The fourth-order valence-electron chi connectivity index (χ4n) is 1.79. The largest absolute Gasteiger partial charge is 0.333 e. The molecule has 0 saturated heterocycles. The third-order valence-electron chi connectivity index (χ3n) is 2.54. The van der Waals surface area contributed by atoms with Gasteiger partial charge in [-0.2, -0.15) is 0 Å². The Kier molecular flexibility index (Phi) is 4.17. The number of hydrogen-bond donors (Lipinski definition) is 2. The summed E-state index contributed by atoms with van der Waals surface area (Å²) >= 11 is 7.72. The second kappa shape index (κ2) is 5.64. The summed E-state index contributed by atoms with van der Waals surface area (Å²) in [7, 11) is 0. The second-order valence-corrected chi connectivity index (χ2v) is 5.07. The SMILES string of the molecule is CCCn1ccnc1C(NN)c1sccc1Cl. The smallest absolute Gasteiger partial charge is 0.132 e. The van der Waals surface area contributed by atoms with Gasteiger partial charge in [0, 0.05) is 23.8 Å². The zero-order valence-corrected chi connectivity index (χ0v) is 11.1. The van der Waals surface area contributed by atoms with Gasteiger partial charge in [0.05, 0.1) is 5.02 Å². The molecular weight excluding hydrogens is 256 g/mol. The number of rotatable bonds is 5. The summed E-state index contributed by atoms with van der Waals surface area (Å²) in [5, 5.41) is 2.68. The molecule has 2 rings (SSSR count). The number of halogens is 1. The number of nitrogens with zero attached hydrogens (tertiary/aromatic N) is 2. The van der Waals surface area contributed by atoms with E-state index in [1.54, 1.807) is 17.5 Å². The highest BCUT2D eigenvalue weighted by Gasteiger charge is 2.21. The van der Waals surface area contributed by atoms with Crippen LogP contribution in [0.1, 0.15) is 30.1 Å². The standard InChI is InChI=1S/C11H15ClN4S/c1-2-5-16-6-4-14-11(16)9(15-13)10-8(12)3-7-17-10/h3-4,6-7,9,15H,2,5,13H2,1H3. The Morgan fingerprint density at radius 2 is 2.47 bits per heavy atom. The third kappa shape index (κ3) is 2.52. The molecule has 0 spiro atoms. The van der Waals surface area contributed by atoms with Crippen LogP contribution in [0.3, 0.4) is 0 Å². The van der Waals surface area contributed by atoms with Gasteiger partial charge in [0.25, 0.3) is 0 Å². The highest BCUT2D eigenvalue weighted by molar-refractivity contribution is 7.10. The third-order valence-corrected chi connectivity index (χ3v) is 3.97. The zero-order chi connectivity index (χ0) is 12.3. The molecule has 4 nitrogen and oxygen atoms in total. The zero-order valence-electron chi connectivity index (χ0n) is 9.56. The maximum atomic E-state index is 6.14. The van der Waals surface area contributed by atoms with E-state index in [4.69, 9.17) is 17.4 Å². The van der Waals surface area contributed by atoms with E-state index in [0.717, 1.165) is 28.7 Å². The Labute approximate surface area is 109 Å². The average Bonchev–Trinajstić information content (AvgIpc) is 2.92. The van der Waals surface area contributed by atoms with Gasteiger partial charge in [0.15, 0.2) is 0 Å². The van der Waals surface area contributed by atoms with Crippen LogP contribution < -0.4 is 11.3 Å². The molecule has 17 heavy (non-hydrogen) atoms. The maximum absolute atomic E-state index is 6.14. The molecule has 2 aromatic heterocycles. The molecule has 0 aliphatic rings. The van der Waals surface area contributed by atoms with Crippen molar-refractivity contribution in [3.8, 4) is 0 Å². The normalized spacial score (nSPS) is 12.9. The van der Waals surface area contributed by atoms with Gasteiger partial charge in [-0.25, -0.2) is 10.4 Å². The van der Waals surface area contributed by atoms with Crippen molar-refractivity contribution in [2.24, 2.45) is 5.84 Å². The van der Waals surface area contributed by atoms with Crippen molar-refractivity contribution in [1.29, 1.82) is 0 Å². The van der Waals surface area contributed by atoms with Crippen molar-refractivity contribution in [3.63, 3.8) is 0 Å². The first kappa shape index (κ1) is 12.6. The maximum Gasteiger partial charge on any atom is 0.132 e. The summed E-state index contributed by atoms with van der Waals surface area (Å²) in [4.78, 5) is 5.37. The van der Waals surface area contributed by atoms with Crippen LogP contribution in [0, 0.1) is 0 Å². The minimum absolute atomic E-state index is 0.149. The Balaban J connectivity index is 2.35. The minimum Gasteiger partial charge on any atom is -0.333 e. The van der Waals surface area contributed by atoms with Gasteiger partial charge in [-0.1, -0.05) is 18.5 Å². The van der Waals surface area contributed by atoms with Crippen LogP contribution >= 0.6 is 22.9 Å². The highest BCUT2D eigenvalue weighted by Crippen LogP contribution is 2.31. The Hall–Kier alpha value is -0.880. The molecule has 0 aliphatic carbocycles. The van der Waals surface area contributed by atoms with E-state index >= 15 is 0 Å². The molecule has 0 saturated carbocycles. The van der Waals surface area contributed by atoms with E-state index in [0.29, 0.717) is 0 Å². The van der Waals surface area contributed by atoms with Crippen LogP contribution in [-0.2, 0) is 6.54 Å². The van der Waals surface area contributed by atoms with Crippen molar-refractivity contribution in [2.75, 3.05) is 0 Å². The molecule has 2 aromatic rings. The monoisotopic (exact) mass is 270 g/mol. The average molecular weight is 271 g/mol. The van der Waals surface area contributed by atoms with Crippen LogP contribution in [0.15, 0.2) is 23.8 Å². The summed E-state index contributed by atoms with van der Waals surface area (Å²) in [5.41, 5.74) is 2.79. The van der Waals surface area contributed by atoms with Gasteiger partial charge < -0.3 is 4.57 Å². The van der Waals surface area contributed by atoms with Gasteiger partial charge in [0.1, 0.15) is 11.9 Å². The second-order valence-electron chi connectivity index (χ2n) is 3.71. The van der Waals surface area contributed by atoms with Crippen molar-refractivity contribution >= 4 is 22.9 Å². The molecule has 1 atom stereocenters. The molecule has 0 fully saturated rings. The van der Waals surface area contributed by atoms with Crippen LogP contribution in [-0.4, -0.2) is 9.55 Å². The van der Waals surface area contributed by atoms with E-state index in [2.05, 4.69) is 21.9 Å². The van der Waals surface area contributed by atoms with Gasteiger partial charge in [-0.15, -0.1) is 11.3 Å². The molecule has 0 amide bonds. The van der Waals surface area contributed by atoms with Crippen LogP contribution in [0.4, 0.5) is 0 Å². The Bertz CT molecular complexity index is 479. The van der Waals surface area contributed by atoms with Crippen molar-refractivity contribution in [3.05, 3.63) is 39.6 Å². The van der Waals surface area contributed by atoms with Crippen molar-refractivity contribution < 1.29 is 0 Å². The lowest BCUT2D eigenvalue weighted by molar-refractivity contribution is 0.551. The number of hydrogen-bond acceptors (Lipinski definition) is 4. The number of imidazole rings is 1. The lowest BCUT2D eigenvalue weighted by Crippen LogP contribution is -2.30. The van der Waals surface area contributed by atoms with Crippen LogP contribution in [0.2, 0.25) is 5.02 Å². The first-order valence-corrected chi connectivity index (χ1v) is 6.73. The number of nitrogens with one attached hydrogen (secondary N) is 1. The number of thiophene rings is 1. The van der Waals surface area contributed by atoms with E-state index < -0.39 is 0 Å². The van der Waals surface area contributed by atoms with E-state index in [-0.39, 0.29) is 6.04 Å². The fourth-order valence-corrected chi connectivity index (χ4v) is 3.01. The summed E-state index contributed by atoms with van der Waals surface area (Å²) < 4.78 is 2.10. The van der Waals surface area contributed by atoms with Gasteiger partial charge in [0.2, 0.25) is 0 Å². The Morgan fingerprint density at radius 1 is 1.65 bits per heavy atom. The predicted molar refractivity (Wildman–Crippen MR) is 71.0 cm³/mol. The quantitative estimate of drug-likeness (QED) is 0.649. The molecule has 0 aliphatic heterocycles. The molecule has 6 heteroatoms. The first-order chi connectivity index (χ1) is 8.27. The van der Waals surface area contributed by atoms with E-state index in [1.165, 1.54) is 0 Å². The van der Waals surface area contributed by atoms with Crippen molar-refractivity contribution in [1.82, 2.24) is 15.0 Å². The molecule has 0 bridgehead atoms. The highest BCUT2D eigenvalue weighted by atomic mass is 35.5. The fraction of sp³-hybridized carbons (Fsp3) is 0.364. The number of hydrazine groups is 1.